The molecule has 0 radical (unpaired) electrons. The molecule has 3 rings (SSSR count). The number of phenolic OH excluding ortho intramolecular Hbond substituents is 1. The molecule has 0 bridgehead atoms. The highest BCUT2D eigenvalue weighted by atomic mass is 16.5. The maximum absolute atomic E-state index is 12.9. The Morgan fingerprint density at radius 1 is 1.25 bits per heavy atom. The van der Waals surface area contributed by atoms with Crippen molar-refractivity contribution in [1.29, 1.82) is 0 Å². The van der Waals surface area contributed by atoms with Crippen LogP contribution in [0.15, 0.2) is 35.5 Å². The van der Waals surface area contributed by atoms with Gasteiger partial charge in [0.1, 0.15) is 11.5 Å². The second-order valence-corrected chi connectivity index (χ2v) is 7.31. The zero-order chi connectivity index (χ0) is 23.4. The molecule has 168 valence electrons. The SMILES string of the molecule is CCCc1c(OCC(=O)O)ccc(C(=O)CN2Cc3cc(/C(N)=N\O)ccc3C2=O)c1O. The summed E-state index contributed by atoms with van der Waals surface area (Å²) in [6, 6.07) is 7.54. The Morgan fingerprint density at radius 3 is 2.66 bits per heavy atom. The smallest absolute Gasteiger partial charge is 0.341 e. The highest BCUT2D eigenvalue weighted by Gasteiger charge is 2.30. The first-order valence-electron chi connectivity index (χ1n) is 9.89. The van der Waals surface area contributed by atoms with E-state index in [0.29, 0.717) is 35.1 Å². The minimum Gasteiger partial charge on any atom is -0.507 e. The summed E-state index contributed by atoms with van der Waals surface area (Å²) >= 11 is 0. The summed E-state index contributed by atoms with van der Waals surface area (Å²) in [6.45, 7) is 1.20. The molecule has 2 aromatic carbocycles. The van der Waals surface area contributed by atoms with Crippen LogP contribution < -0.4 is 10.5 Å². The number of nitrogens with two attached hydrogens (primary N) is 1. The lowest BCUT2D eigenvalue weighted by Gasteiger charge is -2.17. The fourth-order valence-corrected chi connectivity index (χ4v) is 3.59. The Bertz CT molecular complexity index is 1110. The Kier molecular flexibility index (Phi) is 6.62. The molecule has 0 fully saturated rings. The van der Waals surface area contributed by atoms with Crippen molar-refractivity contribution in [3.8, 4) is 11.5 Å². The van der Waals surface area contributed by atoms with E-state index in [4.69, 9.17) is 20.8 Å². The van der Waals surface area contributed by atoms with Gasteiger partial charge in [-0.25, -0.2) is 4.79 Å². The van der Waals surface area contributed by atoms with E-state index >= 15 is 0 Å². The highest BCUT2D eigenvalue weighted by molar-refractivity contribution is 6.06. The van der Waals surface area contributed by atoms with Gasteiger partial charge in [0.15, 0.2) is 18.2 Å². The number of hydrogen-bond acceptors (Lipinski definition) is 7. The van der Waals surface area contributed by atoms with Gasteiger partial charge in [-0.2, -0.15) is 0 Å². The van der Waals surface area contributed by atoms with Crippen LogP contribution in [0.3, 0.4) is 0 Å². The lowest BCUT2D eigenvalue weighted by Crippen LogP contribution is -2.30. The van der Waals surface area contributed by atoms with Crippen molar-refractivity contribution in [3.05, 3.63) is 58.1 Å². The predicted molar refractivity (Wildman–Crippen MR) is 113 cm³/mol. The average molecular weight is 441 g/mol. The van der Waals surface area contributed by atoms with E-state index in [9.17, 15) is 19.5 Å². The molecule has 1 aliphatic heterocycles. The molecule has 0 aliphatic carbocycles. The van der Waals surface area contributed by atoms with Gasteiger partial charge in [0.05, 0.1) is 12.1 Å². The molecular weight excluding hydrogens is 418 g/mol. The van der Waals surface area contributed by atoms with E-state index in [2.05, 4.69) is 5.16 Å². The van der Waals surface area contributed by atoms with Crippen molar-refractivity contribution in [2.75, 3.05) is 13.2 Å². The van der Waals surface area contributed by atoms with Crippen molar-refractivity contribution in [2.24, 2.45) is 10.9 Å². The van der Waals surface area contributed by atoms with Gasteiger partial charge >= 0.3 is 5.97 Å². The summed E-state index contributed by atoms with van der Waals surface area (Å²) in [7, 11) is 0. The molecule has 0 atom stereocenters. The number of oxime groups is 1. The molecule has 0 unspecified atom stereocenters. The van der Waals surface area contributed by atoms with Crippen LogP contribution in [-0.2, 0) is 17.8 Å². The molecule has 32 heavy (non-hydrogen) atoms. The topological polar surface area (TPSA) is 163 Å². The lowest BCUT2D eigenvalue weighted by molar-refractivity contribution is -0.139. The summed E-state index contributed by atoms with van der Waals surface area (Å²) < 4.78 is 5.23. The molecule has 1 heterocycles. The van der Waals surface area contributed by atoms with Gasteiger partial charge in [0.2, 0.25) is 0 Å². The first-order chi connectivity index (χ1) is 15.3. The second kappa shape index (κ2) is 9.38. The zero-order valence-corrected chi connectivity index (χ0v) is 17.4. The third-order valence-electron chi connectivity index (χ3n) is 5.11. The minimum atomic E-state index is -1.16. The quantitative estimate of drug-likeness (QED) is 0.150. The number of nitrogens with zero attached hydrogens (tertiary/aromatic N) is 2. The summed E-state index contributed by atoms with van der Waals surface area (Å²) in [5, 5.41) is 31.3. The number of Topliss-reactive ketones (excluding diaryl/α,β-unsaturated/α-hetero) is 1. The predicted octanol–water partition coefficient (Wildman–Crippen LogP) is 1.74. The first kappa shape index (κ1) is 22.6. The molecule has 1 amide bonds. The summed E-state index contributed by atoms with van der Waals surface area (Å²) in [5.41, 5.74) is 7.47. The third kappa shape index (κ3) is 4.48. The van der Waals surface area contributed by atoms with Crippen molar-refractivity contribution >= 4 is 23.5 Å². The van der Waals surface area contributed by atoms with Crippen molar-refractivity contribution in [3.63, 3.8) is 0 Å². The van der Waals surface area contributed by atoms with Gasteiger partial charge < -0.3 is 30.8 Å². The van der Waals surface area contributed by atoms with Crippen LogP contribution in [0.4, 0.5) is 0 Å². The highest BCUT2D eigenvalue weighted by Crippen LogP contribution is 2.33. The number of aliphatic carboxylic acids is 1. The number of ether oxygens (including phenoxy) is 1. The Balaban J connectivity index is 1.81. The molecule has 1 aliphatic rings. The summed E-state index contributed by atoms with van der Waals surface area (Å²) in [5.74, 6) is -2.14. The molecule has 0 spiro atoms. The number of benzene rings is 2. The third-order valence-corrected chi connectivity index (χ3v) is 5.11. The van der Waals surface area contributed by atoms with Gasteiger partial charge in [-0.3, -0.25) is 9.59 Å². The lowest BCUT2D eigenvalue weighted by atomic mass is 10.0. The number of amidine groups is 1. The zero-order valence-electron chi connectivity index (χ0n) is 17.4. The van der Waals surface area contributed by atoms with E-state index in [0.717, 1.165) is 0 Å². The minimum absolute atomic E-state index is 0.0252. The number of ketones is 1. The standard InChI is InChI=1S/C22H23N3O7/c1-2-3-16-18(32-11-19(27)28)7-6-15(20(16)29)17(26)10-25-9-13-8-12(21(23)24-31)4-5-14(13)22(25)30/h4-8,29,31H,2-3,9-11H2,1H3,(H2,23,24)(H,27,28). The summed E-state index contributed by atoms with van der Waals surface area (Å²) in [4.78, 5) is 37.7. The molecule has 0 saturated carbocycles. The van der Waals surface area contributed by atoms with E-state index < -0.39 is 18.4 Å². The van der Waals surface area contributed by atoms with Crippen LogP contribution in [0.2, 0.25) is 0 Å². The van der Waals surface area contributed by atoms with Gasteiger partial charge in [0, 0.05) is 23.2 Å². The molecule has 5 N–H and O–H groups in total. The Labute approximate surface area is 183 Å². The first-order valence-corrected chi connectivity index (χ1v) is 9.89. The molecule has 10 heteroatoms. The van der Waals surface area contributed by atoms with Crippen LogP contribution in [0.1, 0.15) is 50.8 Å². The van der Waals surface area contributed by atoms with Crippen molar-refractivity contribution in [1.82, 2.24) is 4.90 Å². The fourth-order valence-electron chi connectivity index (χ4n) is 3.59. The number of amides is 1. The number of carbonyl (C=O) groups excluding carboxylic acids is 2. The largest absolute Gasteiger partial charge is 0.507 e. The van der Waals surface area contributed by atoms with Gasteiger partial charge in [-0.1, -0.05) is 24.6 Å². The van der Waals surface area contributed by atoms with Crippen LogP contribution in [0.5, 0.6) is 11.5 Å². The fraction of sp³-hybridized carbons (Fsp3) is 0.273. The number of carboxylic acid groups (broad SMARTS) is 1. The van der Waals surface area contributed by atoms with E-state index in [1.807, 2.05) is 6.92 Å². The second-order valence-electron chi connectivity index (χ2n) is 7.31. The molecule has 2 aromatic rings. The molecule has 10 nitrogen and oxygen atoms in total. The van der Waals surface area contributed by atoms with Crippen LogP contribution in [0, 0.1) is 0 Å². The number of carboxylic acids is 1. The van der Waals surface area contributed by atoms with Crippen LogP contribution in [-0.4, -0.2) is 57.0 Å². The summed E-state index contributed by atoms with van der Waals surface area (Å²) in [6.07, 6.45) is 1.02. The normalized spacial score (nSPS) is 13.2. The van der Waals surface area contributed by atoms with Gasteiger partial charge in [-0.05, 0) is 36.2 Å². The monoisotopic (exact) mass is 441 g/mol. The van der Waals surface area contributed by atoms with Crippen LogP contribution in [0.25, 0.3) is 0 Å². The van der Waals surface area contributed by atoms with Gasteiger partial charge in [0.25, 0.3) is 5.91 Å². The number of rotatable bonds is 9. The van der Waals surface area contributed by atoms with Crippen molar-refractivity contribution < 1.29 is 34.5 Å². The molecular formula is C22H23N3O7. The van der Waals surface area contributed by atoms with E-state index in [-0.39, 0.29) is 41.9 Å². The number of aromatic hydroxyl groups is 1. The number of hydrogen-bond donors (Lipinski definition) is 4. The maximum atomic E-state index is 12.9. The van der Waals surface area contributed by atoms with E-state index in [1.165, 1.54) is 17.0 Å². The van der Waals surface area contributed by atoms with E-state index in [1.54, 1.807) is 18.2 Å². The average Bonchev–Trinajstić information content (AvgIpc) is 3.07. The molecule has 0 saturated heterocycles. The van der Waals surface area contributed by atoms with Crippen molar-refractivity contribution in [2.45, 2.75) is 26.3 Å². The number of fused-ring (bicyclic) bond motifs is 1. The molecule has 0 aromatic heterocycles. The number of carbonyl (C=O) groups is 3. The Morgan fingerprint density at radius 2 is 2.00 bits per heavy atom. The van der Waals surface area contributed by atoms with Crippen LogP contribution >= 0.6 is 0 Å². The number of phenols is 1. The van der Waals surface area contributed by atoms with Gasteiger partial charge in [-0.15, -0.1) is 0 Å². The Hall–Kier alpha value is -4.08. The maximum Gasteiger partial charge on any atom is 0.341 e.